The summed E-state index contributed by atoms with van der Waals surface area (Å²) in [7, 11) is 0. The average molecular weight is 501 g/mol. The first-order valence-corrected chi connectivity index (χ1v) is 14.3. The fourth-order valence-electron chi connectivity index (χ4n) is 4.45. The van der Waals surface area contributed by atoms with E-state index in [-0.39, 0.29) is 5.97 Å². The van der Waals surface area contributed by atoms with Crippen molar-refractivity contribution in [3.8, 4) is 28.3 Å². The van der Waals surface area contributed by atoms with E-state index in [1.807, 2.05) is 12.1 Å². The third kappa shape index (κ3) is 10.1. The zero-order valence-electron chi connectivity index (χ0n) is 23.0. The fourth-order valence-corrected chi connectivity index (χ4v) is 4.45. The number of rotatable bonds is 16. The first-order valence-electron chi connectivity index (χ1n) is 14.3. The van der Waals surface area contributed by atoms with E-state index in [4.69, 9.17) is 4.74 Å². The van der Waals surface area contributed by atoms with Crippen LogP contribution < -0.4 is 4.74 Å². The summed E-state index contributed by atoms with van der Waals surface area (Å²) in [4.78, 5) is 20.9. The zero-order chi connectivity index (χ0) is 26.3. The van der Waals surface area contributed by atoms with E-state index in [1.54, 1.807) is 12.4 Å². The fraction of sp³-hybridized carbons (Fsp3) is 0.485. The Morgan fingerprint density at radius 3 is 2.00 bits per heavy atom. The summed E-state index contributed by atoms with van der Waals surface area (Å²) in [6, 6.07) is 17.2. The second-order valence-corrected chi connectivity index (χ2v) is 10.3. The van der Waals surface area contributed by atoms with Crippen LogP contribution in [0, 0.1) is 5.92 Å². The number of esters is 1. The Balaban J connectivity index is 1.46. The van der Waals surface area contributed by atoms with Gasteiger partial charge in [0.2, 0.25) is 0 Å². The van der Waals surface area contributed by atoms with Crippen molar-refractivity contribution >= 4 is 5.97 Å². The van der Waals surface area contributed by atoms with Crippen LogP contribution in [0.5, 0.6) is 5.75 Å². The van der Waals surface area contributed by atoms with Gasteiger partial charge < -0.3 is 4.74 Å². The minimum Gasteiger partial charge on any atom is -0.423 e. The van der Waals surface area contributed by atoms with E-state index in [0.29, 0.717) is 23.9 Å². The standard InChI is InChI=1S/C33H44N2O2/c1-4-6-7-8-9-10-14-27-16-18-28(19-17-27)29-20-22-30(23-21-29)33-34-24-31(25-35-33)37-32(36)15-12-11-13-26(3)5-2/h16-26H,4-15H2,1-3H3/t26-/m1/s1. The Hall–Kier alpha value is -3.01. The monoisotopic (exact) mass is 500 g/mol. The van der Waals surface area contributed by atoms with Gasteiger partial charge in [0.05, 0.1) is 12.4 Å². The minimum atomic E-state index is -0.220. The molecule has 3 aromatic rings. The van der Waals surface area contributed by atoms with Gasteiger partial charge in [-0.05, 0) is 41.9 Å². The Morgan fingerprint density at radius 1 is 0.757 bits per heavy atom. The van der Waals surface area contributed by atoms with Crippen LogP contribution in [0.4, 0.5) is 0 Å². The summed E-state index contributed by atoms with van der Waals surface area (Å²) >= 11 is 0. The van der Waals surface area contributed by atoms with Crippen molar-refractivity contribution in [2.24, 2.45) is 5.92 Å². The van der Waals surface area contributed by atoms with E-state index >= 15 is 0 Å². The van der Waals surface area contributed by atoms with Crippen LogP contribution in [0.25, 0.3) is 22.5 Å². The number of aromatic nitrogens is 2. The maximum Gasteiger partial charge on any atom is 0.311 e. The number of unbranched alkanes of at least 4 members (excludes halogenated alkanes) is 6. The van der Waals surface area contributed by atoms with Crippen molar-refractivity contribution in [2.45, 2.75) is 97.8 Å². The highest BCUT2D eigenvalue weighted by Crippen LogP contribution is 2.24. The van der Waals surface area contributed by atoms with Crippen LogP contribution in [0.1, 0.15) is 97.0 Å². The lowest BCUT2D eigenvalue weighted by Gasteiger charge is -2.08. The highest BCUT2D eigenvalue weighted by molar-refractivity contribution is 5.72. The van der Waals surface area contributed by atoms with E-state index in [9.17, 15) is 4.79 Å². The topological polar surface area (TPSA) is 52.1 Å². The number of aryl methyl sites for hydroxylation is 1. The van der Waals surface area contributed by atoms with Gasteiger partial charge in [-0.1, -0.05) is 121 Å². The normalized spacial score (nSPS) is 11.9. The zero-order valence-corrected chi connectivity index (χ0v) is 23.0. The Labute approximate surface area is 223 Å². The summed E-state index contributed by atoms with van der Waals surface area (Å²) in [5.41, 5.74) is 4.74. The highest BCUT2D eigenvalue weighted by Gasteiger charge is 2.08. The lowest BCUT2D eigenvalue weighted by atomic mass is 10.00. The largest absolute Gasteiger partial charge is 0.423 e. The smallest absolute Gasteiger partial charge is 0.311 e. The van der Waals surface area contributed by atoms with Crippen molar-refractivity contribution in [1.82, 2.24) is 9.97 Å². The molecule has 3 rings (SSSR count). The van der Waals surface area contributed by atoms with Crippen molar-refractivity contribution in [3.05, 3.63) is 66.5 Å². The summed E-state index contributed by atoms with van der Waals surface area (Å²) < 4.78 is 5.41. The maximum absolute atomic E-state index is 12.1. The second-order valence-electron chi connectivity index (χ2n) is 10.3. The Kier molecular flexibility index (Phi) is 12.3. The number of ether oxygens (including phenoxy) is 1. The molecule has 2 aromatic carbocycles. The molecule has 0 aliphatic heterocycles. The molecule has 0 saturated heterocycles. The van der Waals surface area contributed by atoms with Crippen LogP contribution in [0.2, 0.25) is 0 Å². The second kappa shape index (κ2) is 16.0. The number of carbonyl (C=O) groups is 1. The minimum absolute atomic E-state index is 0.220. The molecule has 4 heteroatoms. The quantitative estimate of drug-likeness (QED) is 0.145. The van der Waals surface area contributed by atoms with E-state index in [2.05, 4.69) is 67.1 Å². The van der Waals surface area contributed by atoms with Crippen LogP contribution >= 0.6 is 0 Å². The van der Waals surface area contributed by atoms with E-state index in [1.165, 1.54) is 61.6 Å². The molecule has 1 heterocycles. The molecule has 4 nitrogen and oxygen atoms in total. The van der Waals surface area contributed by atoms with Gasteiger partial charge in [0.25, 0.3) is 0 Å². The summed E-state index contributed by atoms with van der Waals surface area (Å²) in [5.74, 6) is 1.51. The number of carbonyl (C=O) groups excluding carboxylic acids is 1. The first kappa shape index (κ1) is 28.6. The number of hydrogen-bond donors (Lipinski definition) is 0. The van der Waals surface area contributed by atoms with Gasteiger partial charge in [-0.3, -0.25) is 4.79 Å². The number of hydrogen-bond acceptors (Lipinski definition) is 4. The van der Waals surface area contributed by atoms with Gasteiger partial charge in [0.1, 0.15) is 0 Å². The molecule has 0 saturated carbocycles. The van der Waals surface area contributed by atoms with Crippen LogP contribution in [-0.2, 0) is 11.2 Å². The van der Waals surface area contributed by atoms with Crippen LogP contribution in [0.15, 0.2) is 60.9 Å². The number of benzene rings is 2. The Bertz CT molecular complexity index is 1040. The first-order chi connectivity index (χ1) is 18.1. The lowest BCUT2D eigenvalue weighted by Crippen LogP contribution is -2.08. The van der Waals surface area contributed by atoms with Gasteiger partial charge >= 0.3 is 5.97 Å². The molecule has 37 heavy (non-hydrogen) atoms. The molecule has 0 fully saturated rings. The molecule has 0 radical (unpaired) electrons. The SMILES string of the molecule is CCCCCCCCc1ccc(-c2ccc(-c3ncc(OC(=O)CCCC[C@H](C)CC)cn3)cc2)cc1. The maximum atomic E-state index is 12.1. The molecular weight excluding hydrogens is 456 g/mol. The molecule has 0 N–H and O–H groups in total. The van der Waals surface area contributed by atoms with Crippen molar-refractivity contribution in [3.63, 3.8) is 0 Å². The molecule has 0 aliphatic carbocycles. The molecule has 0 amide bonds. The molecule has 0 unspecified atom stereocenters. The van der Waals surface area contributed by atoms with Crippen LogP contribution in [0.3, 0.4) is 0 Å². The molecule has 0 spiro atoms. The summed E-state index contributed by atoms with van der Waals surface area (Å²) in [6.07, 6.45) is 17.0. The molecular formula is C33H44N2O2. The predicted molar refractivity (Wildman–Crippen MR) is 154 cm³/mol. The lowest BCUT2D eigenvalue weighted by molar-refractivity contribution is -0.134. The van der Waals surface area contributed by atoms with E-state index in [0.717, 1.165) is 31.2 Å². The van der Waals surface area contributed by atoms with Crippen molar-refractivity contribution in [2.75, 3.05) is 0 Å². The van der Waals surface area contributed by atoms with Gasteiger partial charge in [-0.25, -0.2) is 9.97 Å². The van der Waals surface area contributed by atoms with Gasteiger partial charge in [0, 0.05) is 12.0 Å². The summed E-state index contributed by atoms with van der Waals surface area (Å²) in [6.45, 7) is 6.71. The van der Waals surface area contributed by atoms with Gasteiger partial charge in [-0.2, -0.15) is 0 Å². The summed E-state index contributed by atoms with van der Waals surface area (Å²) in [5, 5.41) is 0. The third-order valence-electron chi connectivity index (χ3n) is 7.13. The van der Waals surface area contributed by atoms with Crippen molar-refractivity contribution < 1.29 is 9.53 Å². The highest BCUT2D eigenvalue weighted by atomic mass is 16.5. The molecule has 1 atom stereocenters. The predicted octanol–water partition coefficient (Wildman–Crippen LogP) is 9.23. The molecule has 1 aromatic heterocycles. The van der Waals surface area contributed by atoms with E-state index < -0.39 is 0 Å². The molecule has 198 valence electrons. The number of nitrogens with zero attached hydrogens (tertiary/aromatic N) is 2. The van der Waals surface area contributed by atoms with Gasteiger partial charge in [0.15, 0.2) is 11.6 Å². The molecule has 0 aliphatic rings. The van der Waals surface area contributed by atoms with Crippen LogP contribution in [-0.4, -0.2) is 15.9 Å². The Morgan fingerprint density at radius 2 is 1.35 bits per heavy atom. The average Bonchev–Trinajstić information content (AvgIpc) is 2.94. The van der Waals surface area contributed by atoms with Gasteiger partial charge in [-0.15, -0.1) is 0 Å². The van der Waals surface area contributed by atoms with Crippen molar-refractivity contribution in [1.29, 1.82) is 0 Å². The molecule has 0 bridgehead atoms. The third-order valence-corrected chi connectivity index (χ3v) is 7.13.